The molecule has 0 aliphatic heterocycles. The maximum Gasteiger partial charge on any atom is 0.323 e. The Morgan fingerprint density at radius 3 is 2.67 bits per heavy atom. The Hall–Kier alpha value is -0.610. The van der Waals surface area contributed by atoms with Crippen LogP contribution in [0.5, 0.6) is 0 Å². The van der Waals surface area contributed by atoms with Gasteiger partial charge in [0.15, 0.2) is 0 Å². The molecule has 0 amide bonds. The maximum absolute atomic E-state index is 11.8. The van der Waals surface area contributed by atoms with Crippen LogP contribution < -0.4 is 5.73 Å². The quantitative estimate of drug-likeness (QED) is 0.735. The molecule has 1 aliphatic rings. The van der Waals surface area contributed by atoms with Gasteiger partial charge in [-0.1, -0.05) is 27.2 Å². The van der Waals surface area contributed by atoms with E-state index in [-0.39, 0.29) is 25.1 Å². The Balaban J connectivity index is 2.57. The molecule has 4 atom stereocenters. The second-order valence-corrected chi connectivity index (χ2v) is 5.92. The lowest BCUT2D eigenvalue weighted by atomic mass is 9.75. The molecule has 106 valence electrons. The van der Waals surface area contributed by atoms with E-state index in [1.54, 1.807) is 0 Å². The van der Waals surface area contributed by atoms with E-state index in [0.717, 1.165) is 12.8 Å². The summed E-state index contributed by atoms with van der Waals surface area (Å²) in [5, 5.41) is 8.79. The lowest BCUT2D eigenvalue weighted by molar-refractivity contribution is -0.157. The van der Waals surface area contributed by atoms with Crippen molar-refractivity contribution in [2.45, 2.75) is 58.6 Å². The molecule has 0 aromatic heterocycles. The number of carbonyl (C=O) groups excluding carboxylic acids is 1. The van der Waals surface area contributed by atoms with Crippen molar-refractivity contribution in [2.75, 3.05) is 6.61 Å². The molecule has 0 heterocycles. The van der Waals surface area contributed by atoms with Gasteiger partial charge in [-0.25, -0.2) is 0 Å². The number of rotatable bonds is 5. The largest absolute Gasteiger partial charge is 0.461 e. The zero-order valence-electron chi connectivity index (χ0n) is 11.8. The van der Waals surface area contributed by atoms with Crippen molar-refractivity contribution < 1.29 is 14.6 Å². The number of aliphatic hydroxyl groups is 1. The Morgan fingerprint density at radius 2 is 2.11 bits per heavy atom. The van der Waals surface area contributed by atoms with E-state index >= 15 is 0 Å². The minimum atomic E-state index is -0.694. The van der Waals surface area contributed by atoms with E-state index in [2.05, 4.69) is 20.8 Å². The molecule has 1 saturated carbocycles. The molecule has 0 aromatic rings. The Labute approximate surface area is 110 Å². The first-order chi connectivity index (χ1) is 8.45. The van der Waals surface area contributed by atoms with Crippen molar-refractivity contribution >= 4 is 5.97 Å². The molecule has 4 heteroatoms. The maximum atomic E-state index is 11.8. The zero-order valence-corrected chi connectivity index (χ0v) is 11.8. The van der Waals surface area contributed by atoms with Gasteiger partial charge in [0.2, 0.25) is 0 Å². The summed E-state index contributed by atoms with van der Waals surface area (Å²) < 4.78 is 5.57. The van der Waals surface area contributed by atoms with E-state index in [1.165, 1.54) is 6.42 Å². The number of hydrogen-bond donors (Lipinski definition) is 2. The van der Waals surface area contributed by atoms with E-state index in [4.69, 9.17) is 15.6 Å². The predicted molar refractivity (Wildman–Crippen MR) is 70.9 cm³/mol. The van der Waals surface area contributed by atoms with Crippen LogP contribution in [0.1, 0.15) is 46.5 Å². The van der Waals surface area contributed by atoms with Gasteiger partial charge in [-0.05, 0) is 37.0 Å². The van der Waals surface area contributed by atoms with E-state index in [0.29, 0.717) is 17.8 Å². The summed E-state index contributed by atoms with van der Waals surface area (Å²) in [5.74, 6) is 1.19. The summed E-state index contributed by atoms with van der Waals surface area (Å²) in [6, 6.07) is -0.694. The molecule has 1 fully saturated rings. The Morgan fingerprint density at radius 1 is 1.44 bits per heavy atom. The smallest absolute Gasteiger partial charge is 0.323 e. The van der Waals surface area contributed by atoms with Gasteiger partial charge in [-0.3, -0.25) is 4.79 Å². The number of hydrogen-bond acceptors (Lipinski definition) is 4. The highest BCUT2D eigenvalue weighted by molar-refractivity contribution is 5.75. The minimum absolute atomic E-state index is 0.00834. The molecule has 3 unspecified atom stereocenters. The van der Waals surface area contributed by atoms with Crippen molar-refractivity contribution in [1.29, 1.82) is 0 Å². The predicted octanol–water partition coefficient (Wildman–Crippen LogP) is 1.70. The standard InChI is InChI=1S/C14H27NO3/c1-9(2)11-5-4-10(3)8-13(11)18-14(17)12(15)6-7-16/h9-13,16H,4-8,15H2,1-3H3/t10?,11?,12-,13?/m0/s1. The highest BCUT2D eigenvalue weighted by Gasteiger charge is 2.34. The lowest BCUT2D eigenvalue weighted by Crippen LogP contribution is -2.41. The summed E-state index contributed by atoms with van der Waals surface area (Å²) in [4.78, 5) is 11.8. The second kappa shape index (κ2) is 7.10. The Kier molecular flexibility index (Phi) is 6.09. The van der Waals surface area contributed by atoms with Crippen molar-refractivity contribution in [3.8, 4) is 0 Å². The number of esters is 1. The first-order valence-corrected chi connectivity index (χ1v) is 7.02. The average Bonchev–Trinajstić information content (AvgIpc) is 2.28. The molecular formula is C14H27NO3. The van der Waals surface area contributed by atoms with Gasteiger partial charge < -0.3 is 15.6 Å². The molecule has 0 spiro atoms. The average molecular weight is 257 g/mol. The van der Waals surface area contributed by atoms with Crippen LogP contribution in [0.4, 0.5) is 0 Å². The molecule has 3 N–H and O–H groups in total. The SMILES string of the molecule is CC1CCC(C(C)C)C(OC(=O)[C@@H](N)CCO)C1. The summed E-state index contributed by atoms with van der Waals surface area (Å²) in [6.07, 6.45) is 3.52. The van der Waals surface area contributed by atoms with E-state index in [1.807, 2.05) is 0 Å². The van der Waals surface area contributed by atoms with Crippen LogP contribution in [0.3, 0.4) is 0 Å². The van der Waals surface area contributed by atoms with Crippen LogP contribution in [0, 0.1) is 17.8 Å². The van der Waals surface area contributed by atoms with Crippen LogP contribution in [-0.2, 0) is 9.53 Å². The number of aliphatic hydroxyl groups excluding tert-OH is 1. The highest BCUT2D eigenvalue weighted by Crippen LogP contribution is 2.35. The Bertz CT molecular complexity index is 268. The topological polar surface area (TPSA) is 72.5 Å². The molecule has 1 aliphatic carbocycles. The van der Waals surface area contributed by atoms with Gasteiger partial charge in [0.1, 0.15) is 12.1 Å². The third kappa shape index (κ3) is 4.25. The van der Waals surface area contributed by atoms with Gasteiger partial charge in [0.25, 0.3) is 0 Å². The van der Waals surface area contributed by atoms with Gasteiger partial charge >= 0.3 is 5.97 Å². The van der Waals surface area contributed by atoms with Crippen LogP contribution in [0.25, 0.3) is 0 Å². The monoisotopic (exact) mass is 257 g/mol. The molecule has 0 radical (unpaired) electrons. The molecular weight excluding hydrogens is 230 g/mol. The number of nitrogens with two attached hydrogens (primary N) is 1. The normalized spacial score (nSPS) is 30.2. The van der Waals surface area contributed by atoms with Crippen molar-refractivity contribution in [3.05, 3.63) is 0 Å². The molecule has 4 nitrogen and oxygen atoms in total. The van der Waals surface area contributed by atoms with Gasteiger partial charge in [-0.2, -0.15) is 0 Å². The molecule has 1 rings (SSSR count). The van der Waals surface area contributed by atoms with E-state index < -0.39 is 6.04 Å². The fourth-order valence-electron chi connectivity index (χ4n) is 2.74. The molecule has 0 saturated heterocycles. The first kappa shape index (κ1) is 15.4. The zero-order chi connectivity index (χ0) is 13.7. The van der Waals surface area contributed by atoms with E-state index in [9.17, 15) is 4.79 Å². The third-order valence-electron chi connectivity index (χ3n) is 3.97. The molecule has 0 bridgehead atoms. The summed E-state index contributed by atoms with van der Waals surface area (Å²) in [5.41, 5.74) is 5.67. The highest BCUT2D eigenvalue weighted by atomic mass is 16.5. The molecule has 18 heavy (non-hydrogen) atoms. The van der Waals surface area contributed by atoms with Crippen LogP contribution >= 0.6 is 0 Å². The van der Waals surface area contributed by atoms with Gasteiger partial charge in [0, 0.05) is 6.61 Å². The molecule has 0 aromatic carbocycles. The summed E-state index contributed by atoms with van der Waals surface area (Å²) in [6.45, 7) is 6.47. The third-order valence-corrected chi connectivity index (χ3v) is 3.97. The summed E-state index contributed by atoms with van der Waals surface area (Å²) >= 11 is 0. The van der Waals surface area contributed by atoms with Gasteiger partial charge in [0.05, 0.1) is 0 Å². The van der Waals surface area contributed by atoms with Crippen LogP contribution in [-0.4, -0.2) is 29.8 Å². The van der Waals surface area contributed by atoms with Gasteiger partial charge in [-0.15, -0.1) is 0 Å². The minimum Gasteiger partial charge on any atom is -0.461 e. The van der Waals surface area contributed by atoms with Crippen LogP contribution in [0.2, 0.25) is 0 Å². The first-order valence-electron chi connectivity index (χ1n) is 7.02. The van der Waals surface area contributed by atoms with Crippen molar-refractivity contribution in [1.82, 2.24) is 0 Å². The lowest BCUT2D eigenvalue weighted by Gasteiger charge is -2.37. The number of ether oxygens (including phenoxy) is 1. The number of carbonyl (C=O) groups is 1. The second-order valence-electron chi connectivity index (χ2n) is 5.92. The van der Waals surface area contributed by atoms with Crippen molar-refractivity contribution in [2.24, 2.45) is 23.5 Å². The fraction of sp³-hybridized carbons (Fsp3) is 0.929. The van der Waals surface area contributed by atoms with Crippen LogP contribution in [0.15, 0.2) is 0 Å². The summed E-state index contributed by atoms with van der Waals surface area (Å²) in [7, 11) is 0. The fourth-order valence-corrected chi connectivity index (χ4v) is 2.74. The van der Waals surface area contributed by atoms with Crippen molar-refractivity contribution in [3.63, 3.8) is 0 Å².